The first kappa shape index (κ1) is 11.9. The Hall–Kier alpha value is -0.170. The fourth-order valence-corrected chi connectivity index (χ4v) is 2.92. The highest BCUT2D eigenvalue weighted by Gasteiger charge is 2.05. The molecule has 4 heteroatoms. The highest BCUT2D eigenvalue weighted by atomic mass is 79.9. The molecule has 0 saturated heterocycles. The Balaban J connectivity index is 2.81. The van der Waals surface area contributed by atoms with E-state index in [-0.39, 0.29) is 0 Å². The summed E-state index contributed by atoms with van der Waals surface area (Å²) in [5, 5.41) is 3.90. The Morgan fingerprint density at radius 1 is 1.36 bits per heavy atom. The Bertz CT molecular complexity index is 348. The summed E-state index contributed by atoms with van der Waals surface area (Å²) < 4.78 is 1.85. The molecule has 0 aliphatic heterocycles. The third-order valence-corrected chi connectivity index (χ3v) is 3.05. The lowest BCUT2D eigenvalue weighted by molar-refractivity contribution is 1.09. The Morgan fingerprint density at radius 2 is 1.93 bits per heavy atom. The maximum absolute atomic E-state index is 5.86. The maximum atomic E-state index is 5.86. The molecule has 0 radical (unpaired) electrons. The van der Waals surface area contributed by atoms with E-state index in [2.05, 4.69) is 43.1 Å². The van der Waals surface area contributed by atoms with Crippen molar-refractivity contribution in [2.45, 2.75) is 6.42 Å². The second-order valence-corrected chi connectivity index (χ2v) is 4.77. The van der Waals surface area contributed by atoms with Crippen molar-refractivity contribution in [1.82, 2.24) is 0 Å². The van der Waals surface area contributed by atoms with Crippen molar-refractivity contribution < 1.29 is 0 Å². The van der Waals surface area contributed by atoms with E-state index in [1.807, 2.05) is 12.1 Å². The van der Waals surface area contributed by atoms with Crippen LogP contribution < -0.4 is 5.32 Å². The summed E-state index contributed by atoms with van der Waals surface area (Å²) in [6, 6.07) is 3.68. The molecule has 0 saturated carbocycles. The first-order valence-corrected chi connectivity index (χ1v) is 5.93. The third kappa shape index (κ3) is 3.20. The van der Waals surface area contributed by atoms with E-state index in [4.69, 9.17) is 18.0 Å². The van der Waals surface area contributed by atoms with E-state index >= 15 is 0 Å². The van der Waals surface area contributed by atoms with Gasteiger partial charge < -0.3 is 5.32 Å². The molecule has 0 aromatic heterocycles. The van der Waals surface area contributed by atoms with Crippen LogP contribution in [0.5, 0.6) is 0 Å². The van der Waals surface area contributed by atoms with Crippen LogP contribution in [-0.2, 0) is 0 Å². The van der Waals surface area contributed by atoms with Crippen molar-refractivity contribution in [2.75, 3.05) is 11.9 Å². The molecule has 0 aliphatic rings. The number of anilines is 1. The maximum Gasteiger partial charge on any atom is 0.0630 e. The predicted molar refractivity (Wildman–Crippen MR) is 68.8 cm³/mol. The van der Waals surface area contributed by atoms with E-state index in [9.17, 15) is 0 Å². The van der Waals surface area contributed by atoms with Crippen LogP contribution in [0.4, 0.5) is 5.69 Å². The average molecular weight is 337 g/mol. The fourth-order valence-electron chi connectivity index (χ4n) is 0.971. The SMILES string of the molecule is C#CCCNc1c(Br)cc(Cl)cc1Br. The topological polar surface area (TPSA) is 12.0 Å². The Morgan fingerprint density at radius 3 is 2.43 bits per heavy atom. The third-order valence-electron chi connectivity index (χ3n) is 1.58. The number of halogens is 3. The summed E-state index contributed by atoms with van der Waals surface area (Å²) >= 11 is 12.7. The molecule has 0 aliphatic carbocycles. The second-order valence-electron chi connectivity index (χ2n) is 2.63. The molecule has 0 amide bonds. The largest absolute Gasteiger partial charge is 0.382 e. The highest BCUT2D eigenvalue weighted by Crippen LogP contribution is 2.33. The zero-order valence-electron chi connectivity index (χ0n) is 7.28. The summed E-state index contributed by atoms with van der Waals surface area (Å²) in [7, 11) is 0. The molecule has 0 fully saturated rings. The van der Waals surface area contributed by atoms with Gasteiger partial charge in [-0.15, -0.1) is 12.3 Å². The molecule has 0 bridgehead atoms. The van der Waals surface area contributed by atoms with Gasteiger partial charge in [-0.25, -0.2) is 0 Å². The van der Waals surface area contributed by atoms with Gasteiger partial charge in [0.25, 0.3) is 0 Å². The molecule has 1 N–H and O–H groups in total. The lowest BCUT2D eigenvalue weighted by atomic mass is 10.3. The van der Waals surface area contributed by atoms with Crippen LogP contribution in [0.25, 0.3) is 0 Å². The van der Waals surface area contributed by atoms with Gasteiger partial charge in [-0.1, -0.05) is 11.6 Å². The summed E-state index contributed by atoms with van der Waals surface area (Å²) in [5.74, 6) is 2.57. The van der Waals surface area contributed by atoms with Crippen LogP contribution in [-0.4, -0.2) is 6.54 Å². The number of benzene rings is 1. The Labute approximate surface area is 105 Å². The first-order chi connectivity index (χ1) is 6.65. The van der Waals surface area contributed by atoms with Gasteiger partial charge in [0.1, 0.15) is 0 Å². The van der Waals surface area contributed by atoms with E-state index in [0.29, 0.717) is 11.4 Å². The van der Waals surface area contributed by atoms with Crippen LogP contribution in [0.15, 0.2) is 21.1 Å². The molecule has 1 nitrogen and oxygen atoms in total. The molecule has 0 heterocycles. The van der Waals surface area contributed by atoms with Crippen LogP contribution in [0.2, 0.25) is 5.02 Å². The van der Waals surface area contributed by atoms with Crippen molar-refractivity contribution in [3.8, 4) is 12.3 Å². The molecule has 0 unspecified atom stereocenters. The van der Waals surface area contributed by atoms with Crippen molar-refractivity contribution in [2.24, 2.45) is 0 Å². The van der Waals surface area contributed by atoms with Gasteiger partial charge in [0.05, 0.1) is 5.69 Å². The molecule has 0 atom stereocenters. The predicted octanol–water partition coefficient (Wildman–Crippen LogP) is 4.30. The average Bonchev–Trinajstić information content (AvgIpc) is 2.09. The quantitative estimate of drug-likeness (QED) is 0.640. The number of nitrogens with one attached hydrogen (secondary N) is 1. The van der Waals surface area contributed by atoms with Gasteiger partial charge >= 0.3 is 0 Å². The number of terminal acetylenes is 1. The van der Waals surface area contributed by atoms with Crippen LogP contribution >= 0.6 is 43.5 Å². The molecule has 1 aromatic carbocycles. The van der Waals surface area contributed by atoms with Crippen LogP contribution in [0.3, 0.4) is 0 Å². The normalized spacial score (nSPS) is 9.57. The van der Waals surface area contributed by atoms with Gasteiger partial charge in [0.15, 0.2) is 0 Å². The molecule has 1 aromatic rings. The van der Waals surface area contributed by atoms with E-state index in [1.54, 1.807) is 0 Å². The molecule has 74 valence electrons. The summed E-state index contributed by atoms with van der Waals surface area (Å²) in [4.78, 5) is 0. The minimum Gasteiger partial charge on any atom is -0.382 e. The molecular formula is C10H8Br2ClN. The standard InChI is InChI=1S/C10H8Br2ClN/c1-2-3-4-14-10-8(11)5-7(13)6-9(10)12/h1,5-6,14H,3-4H2. The second kappa shape index (κ2) is 5.65. The van der Waals surface area contributed by atoms with Gasteiger partial charge in [-0.3, -0.25) is 0 Å². The van der Waals surface area contributed by atoms with Crippen molar-refractivity contribution in [3.05, 3.63) is 26.1 Å². The minimum atomic E-state index is 0.686. The van der Waals surface area contributed by atoms with Crippen LogP contribution in [0, 0.1) is 12.3 Å². The van der Waals surface area contributed by atoms with Gasteiger partial charge in [0.2, 0.25) is 0 Å². The zero-order chi connectivity index (χ0) is 10.6. The molecule has 1 rings (SSSR count). The van der Waals surface area contributed by atoms with E-state index in [1.165, 1.54) is 0 Å². The van der Waals surface area contributed by atoms with E-state index in [0.717, 1.165) is 21.2 Å². The van der Waals surface area contributed by atoms with Crippen molar-refractivity contribution in [1.29, 1.82) is 0 Å². The number of hydrogen-bond acceptors (Lipinski definition) is 1. The fraction of sp³-hybridized carbons (Fsp3) is 0.200. The molecular weight excluding hydrogens is 329 g/mol. The lowest BCUT2D eigenvalue weighted by Crippen LogP contribution is -2.01. The minimum absolute atomic E-state index is 0.686. The van der Waals surface area contributed by atoms with Gasteiger partial charge in [-0.2, -0.15) is 0 Å². The van der Waals surface area contributed by atoms with Crippen molar-refractivity contribution >= 4 is 49.1 Å². The smallest absolute Gasteiger partial charge is 0.0630 e. The zero-order valence-corrected chi connectivity index (χ0v) is 11.2. The molecule has 0 spiro atoms. The Kier molecular flexibility index (Phi) is 4.80. The lowest BCUT2D eigenvalue weighted by Gasteiger charge is -2.09. The van der Waals surface area contributed by atoms with E-state index < -0.39 is 0 Å². The monoisotopic (exact) mass is 335 g/mol. The number of rotatable bonds is 3. The first-order valence-electron chi connectivity index (χ1n) is 3.97. The van der Waals surface area contributed by atoms with Crippen molar-refractivity contribution in [3.63, 3.8) is 0 Å². The number of hydrogen-bond donors (Lipinski definition) is 1. The summed E-state index contributed by atoms with van der Waals surface area (Å²) in [6.07, 6.45) is 5.85. The van der Waals surface area contributed by atoms with Gasteiger partial charge in [0, 0.05) is 26.9 Å². The van der Waals surface area contributed by atoms with Crippen LogP contribution in [0.1, 0.15) is 6.42 Å². The summed E-state index contributed by atoms with van der Waals surface area (Å²) in [5.41, 5.74) is 0.977. The summed E-state index contributed by atoms with van der Waals surface area (Å²) in [6.45, 7) is 0.745. The van der Waals surface area contributed by atoms with Gasteiger partial charge in [-0.05, 0) is 44.0 Å². The highest BCUT2D eigenvalue weighted by molar-refractivity contribution is 9.11. The molecule has 14 heavy (non-hydrogen) atoms.